The van der Waals surface area contributed by atoms with E-state index in [4.69, 9.17) is 0 Å². The van der Waals surface area contributed by atoms with E-state index in [-0.39, 0.29) is 17.2 Å². The summed E-state index contributed by atoms with van der Waals surface area (Å²) in [6, 6.07) is 2.47. The minimum Gasteiger partial charge on any atom is -0.220 e. The van der Waals surface area contributed by atoms with Crippen molar-refractivity contribution in [2.45, 2.75) is 44.2 Å². The van der Waals surface area contributed by atoms with E-state index in [2.05, 4.69) is 10.1 Å². The van der Waals surface area contributed by atoms with Gasteiger partial charge in [-0.2, -0.15) is 21.6 Å². The van der Waals surface area contributed by atoms with Gasteiger partial charge in [0.1, 0.15) is 11.2 Å². The average Bonchev–Trinajstić information content (AvgIpc) is 2.94. The molecular weight excluding hydrogens is 350 g/mol. The van der Waals surface area contributed by atoms with Gasteiger partial charge in [0.05, 0.1) is 5.69 Å². The summed E-state index contributed by atoms with van der Waals surface area (Å²) in [4.78, 5) is 2.60. The van der Waals surface area contributed by atoms with Crippen LogP contribution in [-0.2, 0) is 22.8 Å². The lowest BCUT2D eigenvalue weighted by Crippen LogP contribution is -2.10. The second kappa shape index (κ2) is 6.15. The highest BCUT2D eigenvalue weighted by molar-refractivity contribution is 7.86. The van der Waals surface area contributed by atoms with E-state index in [1.807, 2.05) is 0 Å². The standard InChI is InChI=1S/C14H15F4N3O2S/c1-4-9-5-10(8(2)3)12(24(18,22)23)6-11(9)21-7-19-13(20-21)14(15,16)17/h5-8H,4H2,1-3H3. The van der Waals surface area contributed by atoms with Gasteiger partial charge in [-0.1, -0.05) is 26.8 Å². The Balaban J connectivity index is 2.72. The van der Waals surface area contributed by atoms with Crippen molar-refractivity contribution in [3.63, 3.8) is 0 Å². The van der Waals surface area contributed by atoms with Gasteiger partial charge in [0.15, 0.2) is 0 Å². The molecule has 0 saturated heterocycles. The maximum absolute atomic E-state index is 13.6. The lowest BCUT2D eigenvalue weighted by atomic mass is 9.98. The minimum atomic E-state index is -5.04. The molecule has 0 unspecified atom stereocenters. The van der Waals surface area contributed by atoms with Crippen molar-refractivity contribution in [3.05, 3.63) is 35.4 Å². The Morgan fingerprint density at radius 1 is 1.25 bits per heavy atom. The zero-order valence-electron chi connectivity index (χ0n) is 13.1. The first-order valence-corrected chi connectivity index (χ1v) is 8.44. The average molecular weight is 365 g/mol. The molecule has 0 aliphatic carbocycles. The number of halogens is 4. The molecule has 0 N–H and O–H groups in total. The van der Waals surface area contributed by atoms with Crippen molar-refractivity contribution in [2.24, 2.45) is 0 Å². The molecule has 1 aromatic carbocycles. The molecule has 0 radical (unpaired) electrons. The molecule has 132 valence electrons. The van der Waals surface area contributed by atoms with Crippen LogP contribution in [0.25, 0.3) is 5.69 Å². The normalized spacial score (nSPS) is 12.8. The van der Waals surface area contributed by atoms with E-state index in [0.717, 1.165) is 17.1 Å². The van der Waals surface area contributed by atoms with Crippen LogP contribution in [-0.4, -0.2) is 23.2 Å². The van der Waals surface area contributed by atoms with Crippen molar-refractivity contribution >= 4 is 10.2 Å². The van der Waals surface area contributed by atoms with Gasteiger partial charge >= 0.3 is 16.4 Å². The fourth-order valence-electron chi connectivity index (χ4n) is 2.30. The quantitative estimate of drug-likeness (QED) is 0.613. The highest BCUT2D eigenvalue weighted by Gasteiger charge is 2.36. The second-order valence-corrected chi connectivity index (χ2v) is 6.79. The molecule has 1 heterocycles. The molecular formula is C14H15F4N3O2S. The summed E-state index contributed by atoms with van der Waals surface area (Å²) in [7, 11) is -5.04. The Hall–Kier alpha value is -1.97. The zero-order valence-corrected chi connectivity index (χ0v) is 13.9. The van der Waals surface area contributed by atoms with Gasteiger partial charge in [-0.3, -0.25) is 0 Å². The number of aromatic nitrogens is 3. The van der Waals surface area contributed by atoms with Crippen LogP contribution in [0.1, 0.15) is 43.6 Å². The molecule has 0 fully saturated rings. The van der Waals surface area contributed by atoms with Crippen LogP contribution in [0.15, 0.2) is 23.4 Å². The maximum atomic E-state index is 13.6. The Morgan fingerprint density at radius 2 is 1.88 bits per heavy atom. The summed E-state index contributed by atoms with van der Waals surface area (Å²) in [5.41, 5.74) is 0.833. The fraction of sp³-hybridized carbons (Fsp3) is 0.429. The van der Waals surface area contributed by atoms with Gasteiger partial charge in [0, 0.05) is 0 Å². The Labute approximate surface area is 136 Å². The Kier molecular flexibility index (Phi) is 4.71. The monoisotopic (exact) mass is 365 g/mol. The minimum absolute atomic E-state index is 0.0427. The van der Waals surface area contributed by atoms with Crippen LogP contribution in [0.3, 0.4) is 0 Å². The highest BCUT2D eigenvalue weighted by Crippen LogP contribution is 2.31. The third-order valence-corrected chi connectivity index (χ3v) is 4.35. The van der Waals surface area contributed by atoms with Gasteiger partial charge in [0.25, 0.3) is 5.82 Å². The van der Waals surface area contributed by atoms with E-state index in [1.165, 1.54) is 6.07 Å². The molecule has 24 heavy (non-hydrogen) atoms. The number of rotatable bonds is 4. The number of nitrogens with zero attached hydrogens (tertiary/aromatic N) is 3. The molecule has 0 spiro atoms. The third-order valence-electron chi connectivity index (χ3n) is 3.47. The molecule has 0 saturated carbocycles. The van der Waals surface area contributed by atoms with Gasteiger partial charge in [-0.15, -0.1) is 8.98 Å². The number of aryl methyl sites for hydroxylation is 1. The molecule has 0 aliphatic heterocycles. The summed E-state index contributed by atoms with van der Waals surface area (Å²) in [5, 5.41) is 3.32. The van der Waals surface area contributed by atoms with Crippen molar-refractivity contribution in [1.82, 2.24) is 14.8 Å². The van der Waals surface area contributed by atoms with Crippen LogP contribution in [0.4, 0.5) is 17.1 Å². The van der Waals surface area contributed by atoms with Crippen LogP contribution in [0, 0.1) is 0 Å². The fourth-order valence-corrected chi connectivity index (χ4v) is 3.13. The predicted octanol–water partition coefficient (Wildman–Crippen LogP) is 3.63. The molecule has 5 nitrogen and oxygen atoms in total. The first-order valence-electron chi connectivity index (χ1n) is 7.05. The summed E-state index contributed by atoms with van der Waals surface area (Å²) >= 11 is 0. The van der Waals surface area contributed by atoms with Crippen molar-refractivity contribution in [2.75, 3.05) is 0 Å². The van der Waals surface area contributed by atoms with Gasteiger partial charge in [0.2, 0.25) is 0 Å². The van der Waals surface area contributed by atoms with E-state index >= 15 is 0 Å². The molecule has 0 atom stereocenters. The predicted molar refractivity (Wildman–Crippen MR) is 78.1 cm³/mol. The summed E-state index contributed by atoms with van der Waals surface area (Å²) in [5.74, 6) is -1.64. The molecule has 1 aromatic heterocycles. The van der Waals surface area contributed by atoms with E-state index < -0.39 is 27.1 Å². The lowest BCUT2D eigenvalue weighted by molar-refractivity contribution is -0.144. The SMILES string of the molecule is CCc1cc(C(C)C)c(S(=O)(=O)F)cc1-n1cnc(C(F)(F)F)n1. The smallest absolute Gasteiger partial charge is 0.220 e. The van der Waals surface area contributed by atoms with Crippen molar-refractivity contribution in [3.8, 4) is 5.69 Å². The zero-order chi connectivity index (χ0) is 18.3. The number of alkyl halides is 3. The van der Waals surface area contributed by atoms with Gasteiger partial charge in [-0.25, -0.2) is 9.67 Å². The van der Waals surface area contributed by atoms with E-state index in [9.17, 15) is 25.5 Å². The number of hydrogen-bond donors (Lipinski definition) is 0. The lowest BCUT2D eigenvalue weighted by Gasteiger charge is -2.15. The second-order valence-electron chi connectivity index (χ2n) is 5.48. The largest absolute Gasteiger partial charge is 0.453 e. The summed E-state index contributed by atoms with van der Waals surface area (Å²) in [6.45, 7) is 5.13. The van der Waals surface area contributed by atoms with E-state index in [1.54, 1.807) is 20.8 Å². The molecule has 0 bridgehead atoms. The summed E-state index contributed by atoms with van der Waals surface area (Å²) < 4.78 is 75.2. The van der Waals surface area contributed by atoms with Gasteiger partial charge < -0.3 is 0 Å². The molecule has 2 rings (SSSR count). The van der Waals surface area contributed by atoms with Gasteiger partial charge in [-0.05, 0) is 29.5 Å². The van der Waals surface area contributed by atoms with Crippen LogP contribution in [0.5, 0.6) is 0 Å². The Morgan fingerprint density at radius 3 is 2.29 bits per heavy atom. The highest BCUT2D eigenvalue weighted by atomic mass is 32.3. The number of hydrogen-bond acceptors (Lipinski definition) is 4. The molecule has 0 amide bonds. The van der Waals surface area contributed by atoms with E-state index in [0.29, 0.717) is 12.0 Å². The third kappa shape index (κ3) is 3.58. The van der Waals surface area contributed by atoms with Crippen LogP contribution >= 0.6 is 0 Å². The number of benzene rings is 1. The first kappa shape index (κ1) is 18.4. The Bertz CT molecular complexity index is 857. The van der Waals surface area contributed by atoms with Crippen molar-refractivity contribution in [1.29, 1.82) is 0 Å². The summed E-state index contributed by atoms with van der Waals surface area (Å²) in [6.07, 6.45) is -3.52. The maximum Gasteiger partial charge on any atom is 0.453 e. The van der Waals surface area contributed by atoms with Crippen LogP contribution in [0.2, 0.25) is 0 Å². The van der Waals surface area contributed by atoms with Crippen molar-refractivity contribution < 1.29 is 25.5 Å². The topological polar surface area (TPSA) is 64.8 Å². The molecule has 0 aliphatic rings. The van der Waals surface area contributed by atoms with Crippen LogP contribution < -0.4 is 0 Å². The molecule has 2 aromatic rings. The first-order chi connectivity index (χ1) is 10.9. The molecule has 10 heteroatoms.